The zero-order chi connectivity index (χ0) is 25.3. The highest BCUT2D eigenvalue weighted by Crippen LogP contribution is 2.50. The first-order valence-corrected chi connectivity index (χ1v) is 13.7. The lowest BCUT2D eigenvalue weighted by Crippen LogP contribution is -2.18. The molecule has 180 valence electrons. The molecule has 0 aliphatic rings. The van der Waals surface area contributed by atoms with Gasteiger partial charge in [-0.1, -0.05) is 72.4 Å². The summed E-state index contributed by atoms with van der Waals surface area (Å²) in [6, 6.07) is 24.5. The van der Waals surface area contributed by atoms with Crippen molar-refractivity contribution in [3.05, 3.63) is 126 Å². The molecule has 5 rings (SSSR count). The first kappa shape index (κ1) is 24.3. The van der Waals surface area contributed by atoms with Crippen molar-refractivity contribution in [3.8, 4) is 0 Å². The predicted octanol–water partition coefficient (Wildman–Crippen LogP) is 7.46. The molecule has 2 nitrogen and oxygen atoms in total. The topological polar surface area (TPSA) is 30.0 Å². The van der Waals surface area contributed by atoms with Gasteiger partial charge in [-0.2, -0.15) is 0 Å². The molecule has 36 heavy (non-hydrogen) atoms. The Bertz CT molecular complexity index is 1550. The van der Waals surface area contributed by atoms with Crippen molar-refractivity contribution in [1.29, 1.82) is 0 Å². The quantitative estimate of drug-likeness (QED) is 0.132. The molecule has 0 N–H and O–H groups in total. The molecule has 0 saturated carbocycles. The smallest absolute Gasteiger partial charge is 0.196 e. The van der Waals surface area contributed by atoms with Gasteiger partial charge in [0.2, 0.25) is 0 Å². The summed E-state index contributed by atoms with van der Waals surface area (Å²) in [5, 5.41) is 1.28. The minimum atomic E-state index is -3.27. The van der Waals surface area contributed by atoms with Crippen LogP contribution in [0.1, 0.15) is 5.56 Å². The Morgan fingerprint density at radius 1 is 0.750 bits per heavy atom. The number of halogens is 4. The number of hydrogen-bond donors (Lipinski definition) is 0. The Hall–Kier alpha value is -3.41. The Morgan fingerprint density at radius 2 is 1.33 bits per heavy atom. The highest BCUT2D eigenvalue weighted by Gasteiger charge is 2.30. The predicted molar refractivity (Wildman–Crippen MR) is 136 cm³/mol. The van der Waals surface area contributed by atoms with Crippen LogP contribution in [-0.4, -0.2) is 4.98 Å². The number of rotatable bonds is 6. The van der Waals surface area contributed by atoms with Crippen molar-refractivity contribution in [2.75, 3.05) is 0 Å². The van der Waals surface area contributed by atoms with Crippen LogP contribution < -0.4 is 10.6 Å². The van der Waals surface area contributed by atoms with Crippen LogP contribution in [0.15, 0.2) is 107 Å². The van der Waals surface area contributed by atoms with Crippen LogP contribution in [0.3, 0.4) is 0 Å². The van der Waals surface area contributed by atoms with E-state index in [9.17, 15) is 22.1 Å². The van der Waals surface area contributed by atoms with Gasteiger partial charge in [0, 0.05) is 38.1 Å². The third-order valence-electron chi connectivity index (χ3n) is 5.80. The van der Waals surface area contributed by atoms with E-state index in [1.807, 2.05) is 12.1 Å². The van der Waals surface area contributed by atoms with Gasteiger partial charge in [0.05, 0.1) is 0 Å². The SMILES string of the molecule is O=P(Cc1cnc2c(F)c(F)c(F)cc2c1Sc1ccc(F)cc1)(c1ccccc1)c1ccccc1. The molecule has 8 heteroatoms. The van der Waals surface area contributed by atoms with Gasteiger partial charge in [0.1, 0.15) is 18.5 Å². The molecule has 1 heterocycles. The first-order valence-electron chi connectivity index (χ1n) is 11.0. The van der Waals surface area contributed by atoms with Crippen molar-refractivity contribution in [2.45, 2.75) is 16.0 Å². The fraction of sp³-hybridized carbons (Fsp3) is 0.0357. The standard InChI is InChI=1S/C28H18F4NOPS/c29-19-11-13-22(14-12-19)36-28-18(16-33-27-23(28)15-24(30)25(31)26(27)32)17-35(34,20-7-3-1-4-8-20)21-9-5-2-6-10-21/h1-16H,17H2. The number of aromatic nitrogens is 1. The summed E-state index contributed by atoms with van der Waals surface area (Å²) in [4.78, 5) is 5.05. The molecule has 0 unspecified atom stereocenters. The average Bonchev–Trinajstić information content (AvgIpc) is 2.91. The van der Waals surface area contributed by atoms with E-state index in [2.05, 4.69) is 4.98 Å². The Kier molecular flexibility index (Phi) is 6.69. The summed E-state index contributed by atoms with van der Waals surface area (Å²) in [5.74, 6) is -4.79. The number of fused-ring (bicyclic) bond motifs is 1. The second kappa shape index (κ2) is 9.92. The maximum atomic E-state index is 14.7. The van der Waals surface area contributed by atoms with Crippen molar-refractivity contribution in [2.24, 2.45) is 0 Å². The van der Waals surface area contributed by atoms with E-state index in [4.69, 9.17) is 0 Å². The highest BCUT2D eigenvalue weighted by molar-refractivity contribution is 7.99. The average molecular weight is 523 g/mol. The highest BCUT2D eigenvalue weighted by atomic mass is 32.2. The molecule has 0 amide bonds. The molecule has 0 aliphatic carbocycles. The normalized spacial score (nSPS) is 11.7. The second-order valence-electron chi connectivity index (χ2n) is 8.12. The lowest BCUT2D eigenvalue weighted by Gasteiger charge is -2.21. The summed E-state index contributed by atoms with van der Waals surface area (Å²) in [5.41, 5.74) is 0.134. The molecule has 0 fully saturated rings. The molecular formula is C28H18F4NOPS. The molecule has 0 spiro atoms. The minimum Gasteiger partial charge on any atom is -0.313 e. The second-order valence-corrected chi connectivity index (χ2v) is 12.0. The maximum Gasteiger partial charge on any atom is 0.196 e. The van der Waals surface area contributed by atoms with E-state index < -0.39 is 30.4 Å². The van der Waals surface area contributed by atoms with Crippen molar-refractivity contribution >= 4 is 40.4 Å². The van der Waals surface area contributed by atoms with Gasteiger partial charge in [0.25, 0.3) is 0 Å². The third kappa shape index (κ3) is 4.57. The van der Waals surface area contributed by atoms with Gasteiger partial charge in [-0.3, -0.25) is 4.98 Å². The van der Waals surface area contributed by atoms with Crippen LogP contribution in [0, 0.1) is 23.3 Å². The molecule has 0 saturated heterocycles. The van der Waals surface area contributed by atoms with Crippen LogP contribution in [0.2, 0.25) is 0 Å². The van der Waals surface area contributed by atoms with E-state index in [-0.39, 0.29) is 17.1 Å². The number of benzene rings is 4. The van der Waals surface area contributed by atoms with E-state index in [0.29, 0.717) is 26.0 Å². The van der Waals surface area contributed by atoms with Crippen LogP contribution in [0.4, 0.5) is 17.6 Å². The Balaban J connectivity index is 1.73. The lowest BCUT2D eigenvalue weighted by molar-refractivity contribution is 0.452. The Labute approximate surface area is 209 Å². The van der Waals surface area contributed by atoms with Gasteiger partial charge < -0.3 is 4.57 Å². The van der Waals surface area contributed by atoms with Gasteiger partial charge >= 0.3 is 0 Å². The largest absolute Gasteiger partial charge is 0.313 e. The summed E-state index contributed by atoms with van der Waals surface area (Å²) < 4.78 is 71.1. The molecule has 0 radical (unpaired) electrons. The summed E-state index contributed by atoms with van der Waals surface area (Å²) in [6.07, 6.45) is 1.36. The van der Waals surface area contributed by atoms with Crippen LogP contribution in [-0.2, 0) is 10.7 Å². The minimum absolute atomic E-state index is 0.00804. The van der Waals surface area contributed by atoms with E-state index in [1.54, 1.807) is 48.5 Å². The summed E-state index contributed by atoms with van der Waals surface area (Å²) in [7, 11) is -3.27. The van der Waals surface area contributed by atoms with Gasteiger partial charge in [-0.25, -0.2) is 17.6 Å². The number of hydrogen-bond acceptors (Lipinski definition) is 3. The molecule has 1 aromatic heterocycles. The molecule has 4 aromatic carbocycles. The monoisotopic (exact) mass is 523 g/mol. The van der Waals surface area contributed by atoms with E-state index >= 15 is 0 Å². The molecule has 0 bridgehead atoms. The number of pyridine rings is 1. The van der Waals surface area contributed by atoms with Gasteiger partial charge in [-0.15, -0.1) is 0 Å². The third-order valence-corrected chi connectivity index (χ3v) is 10.0. The van der Waals surface area contributed by atoms with Crippen LogP contribution in [0.25, 0.3) is 10.9 Å². The van der Waals surface area contributed by atoms with Crippen molar-refractivity contribution < 1.29 is 22.1 Å². The molecule has 5 aromatic rings. The van der Waals surface area contributed by atoms with E-state index in [1.165, 1.54) is 30.5 Å². The number of nitrogens with zero attached hydrogens (tertiary/aromatic N) is 1. The molecule has 0 aliphatic heterocycles. The Morgan fingerprint density at radius 3 is 1.92 bits per heavy atom. The van der Waals surface area contributed by atoms with Crippen LogP contribution >= 0.6 is 18.9 Å². The summed E-state index contributed by atoms with van der Waals surface area (Å²) in [6.45, 7) is 0. The van der Waals surface area contributed by atoms with Crippen molar-refractivity contribution in [1.82, 2.24) is 4.98 Å². The fourth-order valence-electron chi connectivity index (χ4n) is 4.02. The van der Waals surface area contributed by atoms with Gasteiger partial charge in [0.15, 0.2) is 17.5 Å². The summed E-state index contributed by atoms with van der Waals surface area (Å²) >= 11 is 1.12. The zero-order valence-electron chi connectivity index (χ0n) is 18.7. The lowest BCUT2D eigenvalue weighted by atomic mass is 10.1. The van der Waals surface area contributed by atoms with Crippen molar-refractivity contribution in [3.63, 3.8) is 0 Å². The first-order chi connectivity index (χ1) is 17.4. The maximum absolute atomic E-state index is 14.7. The molecular weight excluding hydrogens is 505 g/mol. The fourth-order valence-corrected chi connectivity index (χ4v) is 7.85. The van der Waals surface area contributed by atoms with Gasteiger partial charge in [-0.05, 0) is 35.9 Å². The molecule has 0 atom stereocenters. The zero-order valence-corrected chi connectivity index (χ0v) is 20.4. The van der Waals surface area contributed by atoms with Crippen LogP contribution in [0.5, 0.6) is 0 Å². The van der Waals surface area contributed by atoms with E-state index in [0.717, 1.165) is 17.8 Å².